The second kappa shape index (κ2) is 8.00. The van der Waals surface area contributed by atoms with Crippen molar-refractivity contribution in [1.29, 1.82) is 0 Å². The zero-order chi connectivity index (χ0) is 21.2. The van der Waals surface area contributed by atoms with E-state index in [0.717, 1.165) is 30.6 Å². The molecule has 0 aliphatic heterocycles. The molecule has 29 heavy (non-hydrogen) atoms. The van der Waals surface area contributed by atoms with Crippen molar-refractivity contribution >= 4 is 28.3 Å². The number of aryl methyl sites for hydroxylation is 1. The predicted molar refractivity (Wildman–Crippen MR) is 101 cm³/mol. The number of methoxy groups -OCH3 is 1. The first-order valence-corrected chi connectivity index (χ1v) is 9.01. The van der Waals surface area contributed by atoms with E-state index >= 15 is 0 Å². The normalized spacial score (nSPS) is 11.2. The van der Waals surface area contributed by atoms with Gasteiger partial charge >= 0.3 is 12.1 Å². The maximum absolute atomic E-state index is 13.0. The number of hydrogen-bond donors (Lipinski definition) is 1. The number of nitrogens with zero attached hydrogens (tertiary/aromatic N) is 2. The van der Waals surface area contributed by atoms with Gasteiger partial charge in [-0.25, -0.2) is 9.78 Å². The van der Waals surface area contributed by atoms with Gasteiger partial charge in [0, 0.05) is 18.0 Å². The van der Waals surface area contributed by atoms with Crippen molar-refractivity contribution in [2.75, 3.05) is 12.4 Å². The minimum absolute atomic E-state index is 0.0547. The Morgan fingerprint density at radius 3 is 2.62 bits per heavy atom. The molecule has 0 fully saturated rings. The molecule has 3 aromatic rings. The Balaban J connectivity index is 2.01. The quantitative estimate of drug-likeness (QED) is 0.624. The summed E-state index contributed by atoms with van der Waals surface area (Å²) in [4.78, 5) is 32.7. The number of carbonyl (C=O) groups is 2. The number of halogens is 3. The smallest absolute Gasteiger partial charge is 0.416 e. The molecule has 0 saturated carbocycles. The van der Waals surface area contributed by atoms with E-state index in [4.69, 9.17) is 0 Å². The van der Waals surface area contributed by atoms with E-state index in [9.17, 15) is 22.8 Å². The molecule has 150 valence electrons. The van der Waals surface area contributed by atoms with Gasteiger partial charge in [0.05, 0.1) is 17.6 Å². The van der Waals surface area contributed by atoms with Crippen molar-refractivity contribution in [2.24, 2.45) is 0 Å². The molecular formula is C19H14F3N3O3S. The molecule has 0 aliphatic carbocycles. The minimum atomic E-state index is -4.54. The highest BCUT2D eigenvalue weighted by molar-refractivity contribution is 7.19. The van der Waals surface area contributed by atoms with Crippen LogP contribution in [0.4, 0.5) is 18.3 Å². The molecule has 6 nitrogen and oxygen atoms in total. The first-order chi connectivity index (χ1) is 13.7. The molecule has 0 radical (unpaired) electrons. The van der Waals surface area contributed by atoms with E-state index in [2.05, 4.69) is 20.0 Å². The maximum atomic E-state index is 13.0. The summed E-state index contributed by atoms with van der Waals surface area (Å²) < 4.78 is 43.8. The van der Waals surface area contributed by atoms with Crippen LogP contribution < -0.4 is 5.32 Å². The Kier molecular flexibility index (Phi) is 5.64. The van der Waals surface area contributed by atoms with Gasteiger partial charge in [-0.2, -0.15) is 13.2 Å². The fraction of sp³-hybridized carbons (Fsp3) is 0.158. The van der Waals surface area contributed by atoms with E-state index < -0.39 is 23.6 Å². The lowest BCUT2D eigenvalue weighted by atomic mass is 10.1. The van der Waals surface area contributed by atoms with E-state index in [-0.39, 0.29) is 21.3 Å². The molecule has 3 rings (SSSR count). The van der Waals surface area contributed by atoms with Crippen LogP contribution in [-0.2, 0) is 10.9 Å². The van der Waals surface area contributed by atoms with Crippen molar-refractivity contribution in [3.63, 3.8) is 0 Å². The van der Waals surface area contributed by atoms with Crippen LogP contribution >= 0.6 is 11.3 Å². The lowest BCUT2D eigenvalue weighted by molar-refractivity contribution is -0.137. The number of ether oxygens (including phenoxy) is 1. The first-order valence-electron chi connectivity index (χ1n) is 8.19. The van der Waals surface area contributed by atoms with Crippen LogP contribution in [0.3, 0.4) is 0 Å². The van der Waals surface area contributed by atoms with Crippen LogP contribution in [0.1, 0.15) is 32.0 Å². The monoisotopic (exact) mass is 421 g/mol. The van der Waals surface area contributed by atoms with E-state index in [1.807, 2.05) is 0 Å². The highest BCUT2D eigenvalue weighted by atomic mass is 32.1. The standard InChI is InChI=1S/C19H14F3N3O3S/c1-10-9-23-7-6-13(10)16(26)25-18-24-14(17(27)28-2)15(29-18)11-4-3-5-12(8-11)19(20,21)22/h3-9H,1-2H3,(H,24,25,26). The van der Waals surface area contributed by atoms with Gasteiger partial charge in [-0.1, -0.05) is 23.5 Å². The number of hydrogen-bond acceptors (Lipinski definition) is 6. The Bertz CT molecular complexity index is 1080. The van der Waals surface area contributed by atoms with Crippen LogP contribution in [0.2, 0.25) is 0 Å². The van der Waals surface area contributed by atoms with Gasteiger partial charge in [0.25, 0.3) is 5.91 Å². The van der Waals surface area contributed by atoms with Crippen molar-refractivity contribution in [3.05, 3.63) is 65.1 Å². The molecule has 1 aromatic carbocycles. The number of benzene rings is 1. The van der Waals surface area contributed by atoms with Crippen molar-refractivity contribution in [1.82, 2.24) is 9.97 Å². The number of pyridine rings is 1. The van der Waals surface area contributed by atoms with Gasteiger partial charge in [-0.15, -0.1) is 0 Å². The number of nitrogens with one attached hydrogen (secondary N) is 1. The molecule has 1 amide bonds. The fourth-order valence-corrected chi connectivity index (χ4v) is 3.48. The fourth-order valence-electron chi connectivity index (χ4n) is 2.53. The van der Waals surface area contributed by atoms with Crippen LogP contribution in [0.5, 0.6) is 0 Å². The highest BCUT2D eigenvalue weighted by Crippen LogP contribution is 2.37. The molecule has 0 spiro atoms. The summed E-state index contributed by atoms with van der Waals surface area (Å²) in [5, 5.41) is 2.62. The van der Waals surface area contributed by atoms with Gasteiger partial charge in [-0.3, -0.25) is 15.1 Å². The molecule has 0 atom stereocenters. The van der Waals surface area contributed by atoms with Crippen molar-refractivity contribution < 1.29 is 27.5 Å². The third-order valence-corrected chi connectivity index (χ3v) is 4.96. The van der Waals surface area contributed by atoms with Crippen LogP contribution in [-0.4, -0.2) is 29.0 Å². The number of anilines is 1. The first kappa shape index (κ1) is 20.5. The Morgan fingerprint density at radius 2 is 1.97 bits per heavy atom. The zero-order valence-corrected chi connectivity index (χ0v) is 16.0. The SMILES string of the molecule is COC(=O)c1nc(NC(=O)c2ccncc2C)sc1-c1cccc(C(F)(F)F)c1. The lowest BCUT2D eigenvalue weighted by Gasteiger charge is -2.08. The number of rotatable bonds is 4. The van der Waals surface area contributed by atoms with Crippen molar-refractivity contribution in [2.45, 2.75) is 13.1 Å². The summed E-state index contributed by atoms with van der Waals surface area (Å²) in [6.07, 6.45) is -1.57. The van der Waals surface area contributed by atoms with E-state index in [0.29, 0.717) is 11.1 Å². The van der Waals surface area contributed by atoms with E-state index in [1.165, 1.54) is 30.6 Å². The Labute approximate surface area is 167 Å². The molecule has 1 N–H and O–H groups in total. The zero-order valence-electron chi connectivity index (χ0n) is 15.2. The summed E-state index contributed by atoms with van der Waals surface area (Å²) in [6, 6.07) is 6.02. The predicted octanol–water partition coefficient (Wildman–Crippen LogP) is 4.57. The number of amides is 1. The third-order valence-electron chi connectivity index (χ3n) is 3.94. The molecule has 0 aliphatic rings. The average Bonchev–Trinajstić information content (AvgIpc) is 3.11. The van der Waals surface area contributed by atoms with Gasteiger partial charge in [0.15, 0.2) is 10.8 Å². The number of esters is 1. The number of carbonyl (C=O) groups excluding carboxylic acids is 2. The summed E-state index contributed by atoms with van der Waals surface area (Å²) in [5.74, 6) is -1.31. The second-order valence-electron chi connectivity index (χ2n) is 5.91. The van der Waals surface area contributed by atoms with Gasteiger partial charge in [-0.05, 0) is 36.2 Å². The maximum Gasteiger partial charge on any atom is 0.416 e. The second-order valence-corrected chi connectivity index (χ2v) is 6.91. The molecule has 10 heteroatoms. The lowest BCUT2D eigenvalue weighted by Crippen LogP contribution is -2.13. The van der Waals surface area contributed by atoms with Gasteiger partial charge < -0.3 is 4.74 Å². The van der Waals surface area contributed by atoms with Crippen molar-refractivity contribution in [3.8, 4) is 10.4 Å². The molecule has 2 heterocycles. The summed E-state index contributed by atoms with van der Waals surface area (Å²) in [5.41, 5.74) is 0.0809. The minimum Gasteiger partial charge on any atom is -0.464 e. The van der Waals surface area contributed by atoms with Crippen LogP contribution in [0.25, 0.3) is 10.4 Å². The largest absolute Gasteiger partial charge is 0.464 e. The summed E-state index contributed by atoms with van der Waals surface area (Å²) in [7, 11) is 1.14. The number of aromatic nitrogens is 2. The Hall–Kier alpha value is -3.27. The molecule has 2 aromatic heterocycles. The summed E-state index contributed by atoms with van der Waals surface area (Å²) in [6.45, 7) is 1.71. The topological polar surface area (TPSA) is 81.2 Å². The summed E-state index contributed by atoms with van der Waals surface area (Å²) >= 11 is 0.878. The van der Waals surface area contributed by atoms with Gasteiger partial charge in [0.1, 0.15) is 0 Å². The Morgan fingerprint density at radius 1 is 1.21 bits per heavy atom. The molecule has 0 saturated heterocycles. The number of thiazole rings is 1. The molecular weight excluding hydrogens is 407 g/mol. The molecule has 0 bridgehead atoms. The van der Waals surface area contributed by atoms with E-state index in [1.54, 1.807) is 6.92 Å². The third kappa shape index (κ3) is 4.43. The van der Waals surface area contributed by atoms with Crippen LogP contribution in [0.15, 0.2) is 42.7 Å². The molecule has 0 unspecified atom stereocenters. The van der Waals surface area contributed by atoms with Crippen LogP contribution in [0, 0.1) is 6.92 Å². The highest BCUT2D eigenvalue weighted by Gasteiger charge is 2.31. The number of alkyl halides is 3. The van der Waals surface area contributed by atoms with Gasteiger partial charge in [0.2, 0.25) is 0 Å². The average molecular weight is 421 g/mol.